The second-order valence-corrected chi connectivity index (χ2v) is 4.58. The van der Waals surface area contributed by atoms with Crippen LogP contribution in [0.25, 0.3) is 0 Å². The molecule has 1 N–H and O–H groups in total. The molecule has 0 bridgehead atoms. The van der Waals surface area contributed by atoms with Crippen LogP contribution in [0.4, 0.5) is 0 Å². The van der Waals surface area contributed by atoms with Crippen molar-refractivity contribution in [3.05, 3.63) is 22.5 Å². The summed E-state index contributed by atoms with van der Waals surface area (Å²) in [4.78, 5) is 4.47. The van der Waals surface area contributed by atoms with Crippen LogP contribution in [0.5, 0.6) is 5.75 Å². The molecule has 0 atom stereocenters. The van der Waals surface area contributed by atoms with Gasteiger partial charge in [0.1, 0.15) is 10.8 Å². The van der Waals surface area contributed by atoms with E-state index in [-0.39, 0.29) is 0 Å². The highest BCUT2D eigenvalue weighted by molar-refractivity contribution is 6.32. The van der Waals surface area contributed by atoms with E-state index in [1.54, 1.807) is 13.3 Å². The minimum absolute atomic E-state index is 0.535. The Labute approximate surface area is 101 Å². The number of nitrogens with one attached hydrogen (secondary N) is 1. The van der Waals surface area contributed by atoms with Crippen LogP contribution in [0.1, 0.15) is 30.0 Å². The van der Waals surface area contributed by atoms with E-state index in [4.69, 9.17) is 16.3 Å². The number of nitrogens with zero attached hydrogens (tertiary/aromatic N) is 1. The highest BCUT2D eigenvalue weighted by Crippen LogP contribution is 2.34. The first-order chi connectivity index (χ1) is 7.74. The Morgan fingerprint density at radius 3 is 2.75 bits per heavy atom. The van der Waals surface area contributed by atoms with Gasteiger partial charge in [0.05, 0.1) is 12.8 Å². The smallest absolute Gasteiger partial charge is 0.143 e. The molecule has 0 saturated carbocycles. The summed E-state index contributed by atoms with van der Waals surface area (Å²) in [6.07, 6.45) is 3.97. The molecule has 3 nitrogen and oxygen atoms in total. The van der Waals surface area contributed by atoms with Crippen molar-refractivity contribution in [2.45, 2.75) is 25.7 Å². The molecule has 0 radical (unpaired) electrons. The Morgan fingerprint density at radius 1 is 1.44 bits per heavy atom. The van der Waals surface area contributed by atoms with Gasteiger partial charge in [-0.2, -0.15) is 0 Å². The number of hydrogen-bond donors (Lipinski definition) is 1. The van der Waals surface area contributed by atoms with Crippen LogP contribution in [-0.4, -0.2) is 25.2 Å². The van der Waals surface area contributed by atoms with Crippen LogP contribution in [0.2, 0.25) is 5.02 Å². The highest BCUT2D eigenvalue weighted by Gasteiger charge is 2.21. The molecule has 16 heavy (non-hydrogen) atoms. The first-order valence-corrected chi connectivity index (χ1v) is 6.01. The predicted molar refractivity (Wildman–Crippen MR) is 65.4 cm³/mol. The molecule has 1 saturated heterocycles. The molecule has 2 heterocycles. The molecule has 2 rings (SSSR count). The van der Waals surface area contributed by atoms with Crippen molar-refractivity contribution in [2.75, 3.05) is 20.2 Å². The molecule has 0 spiro atoms. The Bertz CT molecular complexity index is 376. The summed E-state index contributed by atoms with van der Waals surface area (Å²) in [6.45, 7) is 4.17. The fraction of sp³-hybridized carbons (Fsp3) is 0.583. The minimum Gasteiger partial charge on any atom is -0.495 e. The normalized spacial score (nSPS) is 17.4. The maximum Gasteiger partial charge on any atom is 0.143 e. The van der Waals surface area contributed by atoms with E-state index in [0.717, 1.165) is 42.9 Å². The molecule has 0 amide bonds. The average Bonchev–Trinajstić information content (AvgIpc) is 2.31. The van der Waals surface area contributed by atoms with Gasteiger partial charge in [-0.3, -0.25) is 4.98 Å². The largest absolute Gasteiger partial charge is 0.495 e. The van der Waals surface area contributed by atoms with Crippen molar-refractivity contribution in [1.82, 2.24) is 10.3 Å². The van der Waals surface area contributed by atoms with Crippen LogP contribution in [-0.2, 0) is 0 Å². The molecule has 1 aromatic rings. The zero-order valence-electron chi connectivity index (χ0n) is 9.72. The van der Waals surface area contributed by atoms with E-state index in [0.29, 0.717) is 10.9 Å². The van der Waals surface area contributed by atoms with Crippen molar-refractivity contribution in [1.29, 1.82) is 0 Å². The molecule has 88 valence electrons. The lowest BCUT2D eigenvalue weighted by atomic mass is 9.91. The molecule has 0 aliphatic carbocycles. The number of methoxy groups -OCH3 is 1. The number of hydrogen-bond acceptors (Lipinski definition) is 3. The van der Waals surface area contributed by atoms with E-state index in [1.165, 1.54) is 0 Å². The molecular formula is C12H17ClN2O. The van der Waals surface area contributed by atoms with E-state index in [1.807, 2.05) is 6.92 Å². The van der Waals surface area contributed by atoms with E-state index in [9.17, 15) is 0 Å². The standard InChI is InChI=1S/C12H17ClN2O/c1-8-11(9-3-5-14-6-4-9)15-7-10(13)12(8)16-2/h7,9,14H,3-6H2,1-2H3. The third kappa shape index (κ3) is 2.15. The molecule has 1 aliphatic heterocycles. The molecular weight excluding hydrogens is 224 g/mol. The Morgan fingerprint density at radius 2 is 2.12 bits per heavy atom. The van der Waals surface area contributed by atoms with Crippen molar-refractivity contribution in [2.24, 2.45) is 0 Å². The number of halogens is 1. The predicted octanol–water partition coefficient (Wildman–Crippen LogP) is 2.52. The molecule has 1 aliphatic rings. The van der Waals surface area contributed by atoms with Crippen LogP contribution in [0.15, 0.2) is 6.20 Å². The van der Waals surface area contributed by atoms with Gasteiger partial charge in [-0.15, -0.1) is 0 Å². The van der Waals surface area contributed by atoms with Gasteiger partial charge in [-0.25, -0.2) is 0 Å². The van der Waals surface area contributed by atoms with Crippen molar-refractivity contribution in [3.63, 3.8) is 0 Å². The maximum absolute atomic E-state index is 6.04. The molecule has 1 fully saturated rings. The van der Waals surface area contributed by atoms with E-state index in [2.05, 4.69) is 10.3 Å². The quantitative estimate of drug-likeness (QED) is 0.863. The topological polar surface area (TPSA) is 34.1 Å². The number of aromatic nitrogens is 1. The second-order valence-electron chi connectivity index (χ2n) is 4.17. The second kappa shape index (κ2) is 5.02. The molecule has 0 unspecified atom stereocenters. The number of pyridine rings is 1. The lowest BCUT2D eigenvalue weighted by Gasteiger charge is -2.24. The van der Waals surface area contributed by atoms with Crippen molar-refractivity contribution < 1.29 is 4.74 Å². The molecule has 4 heteroatoms. The fourth-order valence-corrected chi connectivity index (χ4v) is 2.60. The lowest BCUT2D eigenvalue weighted by Crippen LogP contribution is -2.27. The summed E-state index contributed by atoms with van der Waals surface area (Å²) in [5, 5.41) is 3.95. The van der Waals surface area contributed by atoms with Gasteiger partial charge >= 0.3 is 0 Å². The van der Waals surface area contributed by atoms with Crippen LogP contribution < -0.4 is 10.1 Å². The Hall–Kier alpha value is -0.800. The van der Waals surface area contributed by atoms with Gasteiger partial charge in [0.25, 0.3) is 0 Å². The zero-order chi connectivity index (χ0) is 11.5. The average molecular weight is 241 g/mol. The SMILES string of the molecule is COc1c(Cl)cnc(C2CCNCC2)c1C. The van der Waals surface area contributed by atoms with E-state index < -0.39 is 0 Å². The Balaban J connectivity index is 2.33. The van der Waals surface area contributed by atoms with Crippen LogP contribution in [0, 0.1) is 6.92 Å². The third-order valence-corrected chi connectivity index (χ3v) is 3.46. The van der Waals surface area contributed by atoms with Gasteiger partial charge in [0.2, 0.25) is 0 Å². The first kappa shape index (κ1) is 11.7. The first-order valence-electron chi connectivity index (χ1n) is 5.63. The van der Waals surface area contributed by atoms with Crippen molar-refractivity contribution in [3.8, 4) is 5.75 Å². The summed E-state index contributed by atoms with van der Waals surface area (Å²) in [7, 11) is 1.65. The molecule has 1 aromatic heterocycles. The molecule has 0 aromatic carbocycles. The summed E-state index contributed by atoms with van der Waals surface area (Å²) in [5.74, 6) is 1.30. The third-order valence-electron chi connectivity index (χ3n) is 3.19. The fourth-order valence-electron chi connectivity index (χ4n) is 2.33. The lowest BCUT2D eigenvalue weighted by molar-refractivity contribution is 0.405. The Kier molecular flexibility index (Phi) is 3.66. The number of rotatable bonds is 2. The number of ether oxygens (including phenoxy) is 1. The minimum atomic E-state index is 0.535. The van der Waals surface area contributed by atoms with Gasteiger partial charge in [-0.1, -0.05) is 11.6 Å². The highest BCUT2D eigenvalue weighted by atomic mass is 35.5. The summed E-state index contributed by atoms with van der Waals surface area (Å²) >= 11 is 6.04. The summed E-state index contributed by atoms with van der Waals surface area (Å²) < 4.78 is 5.32. The van der Waals surface area contributed by atoms with Crippen LogP contribution in [0.3, 0.4) is 0 Å². The van der Waals surface area contributed by atoms with E-state index >= 15 is 0 Å². The maximum atomic E-state index is 6.04. The van der Waals surface area contributed by atoms with Gasteiger partial charge in [-0.05, 0) is 32.9 Å². The van der Waals surface area contributed by atoms with Gasteiger partial charge in [0.15, 0.2) is 0 Å². The summed E-state index contributed by atoms with van der Waals surface area (Å²) in [5.41, 5.74) is 2.23. The monoisotopic (exact) mass is 240 g/mol. The van der Waals surface area contributed by atoms with Gasteiger partial charge < -0.3 is 10.1 Å². The number of piperidine rings is 1. The summed E-state index contributed by atoms with van der Waals surface area (Å²) in [6, 6.07) is 0. The van der Waals surface area contributed by atoms with Crippen molar-refractivity contribution >= 4 is 11.6 Å². The van der Waals surface area contributed by atoms with Gasteiger partial charge in [0, 0.05) is 17.7 Å². The van der Waals surface area contributed by atoms with Crippen LogP contribution >= 0.6 is 11.6 Å². The zero-order valence-corrected chi connectivity index (χ0v) is 10.5.